The third-order valence-electron chi connectivity index (χ3n) is 3.40. The topological polar surface area (TPSA) is 56.3 Å². The number of hydrogen-bond acceptors (Lipinski definition) is 5. The van der Waals surface area contributed by atoms with E-state index in [4.69, 9.17) is 9.47 Å². The second-order valence-electron chi connectivity index (χ2n) is 4.87. The molecule has 0 saturated carbocycles. The highest BCUT2D eigenvalue weighted by Crippen LogP contribution is 2.34. The summed E-state index contributed by atoms with van der Waals surface area (Å²) >= 11 is 3.48. The molecule has 2 aromatic carbocycles. The number of aromatic nitrogens is 2. The summed E-state index contributed by atoms with van der Waals surface area (Å²) < 4.78 is 12.1. The van der Waals surface area contributed by atoms with E-state index in [2.05, 4.69) is 31.2 Å². The molecule has 0 unspecified atom stereocenters. The van der Waals surface area contributed by atoms with Gasteiger partial charge in [-0.05, 0) is 30.3 Å². The second kappa shape index (κ2) is 5.46. The van der Waals surface area contributed by atoms with E-state index in [9.17, 15) is 0 Å². The van der Waals surface area contributed by atoms with Crippen LogP contribution in [0, 0.1) is 0 Å². The van der Waals surface area contributed by atoms with Crippen LogP contribution in [-0.2, 0) is 0 Å². The number of halogens is 1. The SMILES string of the molecule is Brc1ccc2ncnc(Nc3ccc4c(c3)OCCO4)c2c1. The van der Waals surface area contributed by atoms with Crippen LogP contribution in [0.25, 0.3) is 10.9 Å². The van der Waals surface area contributed by atoms with Crippen LogP contribution in [0.15, 0.2) is 47.2 Å². The van der Waals surface area contributed by atoms with Crippen molar-refractivity contribution in [2.75, 3.05) is 18.5 Å². The summed E-state index contributed by atoms with van der Waals surface area (Å²) in [5.74, 6) is 2.27. The van der Waals surface area contributed by atoms with Gasteiger partial charge in [0.2, 0.25) is 0 Å². The van der Waals surface area contributed by atoms with E-state index < -0.39 is 0 Å². The van der Waals surface area contributed by atoms with Crippen molar-refractivity contribution in [3.8, 4) is 11.5 Å². The molecule has 0 bridgehead atoms. The zero-order valence-corrected chi connectivity index (χ0v) is 13.1. The second-order valence-corrected chi connectivity index (χ2v) is 5.78. The van der Waals surface area contributed by atoms with Gasteiger partial charge >= 0.3 is 0 Å². The highest BCUT2D eigenvalue weighted by atomic mass is 79.9. The lowest BCUT2D eigenvalue weighted by atomic mass is 10.2. The first-order chi connectivity index (χ1) is 10.8. The molecule has 0 saturated heterocycles. The van der Waals surface area contributed by atoms with Crippen molar-refractivity contribution >= 4 is 38.3 Å². The molecule has 22 heavy (non-hydrogen) atoms. The van der Waals surface area contributed by atoms with Gasteiger partial charge in [0.25, 0.3) is 0 Å². The summed E-state index contributed by atoms with van der Waals surface area (Å²) in [7, 11) is 0. The van der Waals surface area contributed by atoms with Crippen molar-refractivity contribution in [3.63, 3.8) is 0 Å². The monoisotopic (exact) mass is 357 g/mol. The van der Waals surface area contributed by atoms with Gasteiger partial charge in [0, 0.05) is 21.6 Å². The van der Waals surface area contributed by atoms with E-state index in [1.165, 1.54) is 0 Å². The number of fused-ring (bicyclic) bond motifs is 2. The average Bonchev–Trinajstić information content (AvgIpc) is 2.55. The van der Waals surface area contributed by atoms with E-state index in [0.29, 0.717) is 13.2 Å². The molecule has 2 heterocycles. The molecule has 0 spiro atoms. The van der Waals surface area contributed by atoms with E-state index >= 15 is 0 Å². The van der Waals surface area contributed by atoms with Gasteiger partial charge in [-0.25, -0.2) is 9.97 Å². The molecule has 6 heteroatoms. The standard InChI is InChI=1S/C16H12BrN3O2/c17-10-1-3-13-12(7-10)16(19-9-18-13)20-11-2-4-14-15(8-11)22-6-5-21-14/h1-4,7-9H,5-6H2,(H,18,19,20). The molecule has 0 radical (unpaired) electrons. The Morgan fingerprint density at radius 3 is 2.73 bits per heavy atom. The normalized spacial score (nSPS) is 13.1. The van der Waals surface area contributed by atoms with Crippen molar-refractivity contribution in [2.24, 2.45) is 0 Å². The third kappa shape index (κ3) is 2.46. The Morgan fingerprint density at radius 1 is 0.955 bits per heavy atom. The first kappa shape index (κ1) is 13.3. The minimum Gasteiger partial charge on any atom is -0.486 e. The molecule has 110 valence electrons. The van der Waals surface area contributed by atoms with Gasteiger partial charge < -0.3 is 14.8 Å². The van der Waals surface area contributed by atoms with Crippen molar-refractivity contribution in [2.45, 2.75) is 0 Å². The maximum Gasteiger partial charge on any atom is 0.163 e. The number of benzene rings is 2. The molecule has 0 atom stereocenters. The lowest BCUT2D eigenvalue weighted by Gasteiger charge is -2.19. The summed E-state index contributed by atoms with van der Waals surface area (Å²) in [4.78, 5) is 8.62. The molecular weight excluding hydrogens is 346 g/mol. The fourth-order valence-electron chi connectivity index (χ4n) is 2.39. The van der Waals surface area contributed by atoms with Gasteiger partial charge in [0.1, 0.15) is 25.4 Å². The Morgan fingerprint density at radius 2 is 1.82 bits per heavy atom. The van der Waals surface area contributed by atoms with E-state index in [0.717, 1.165) is 38.4 Å². The van der Waals surface area contributed by atoms with Gasteiger partial charge in [-0.1, -0.05) is 15.9 Å². The lowest BCUT2D eigenvalue weighted by Crippen LogP contribution is -2.15. The predicted octanol–water partition coefficient (Wildman–Crippen LogP) is 3.91. The third-order valence-corrected chi connectivity index (χ3v) is 3.90. The molecule has 1 aliphatic heterocycles. The number of nitrogens with zero attached hydrogens (tertiary/aromatic N) is 2. The zero-order chi connectivity index (χ0) is 14.9. The summed E-state index contributed by atoms with van der Waals surface area (Å²) in [5.41, 5.74) is 1.78. The van der Waals surface area contributed by atoms with Crippen LogP contribution in [0.2, 0.25) is 0 Å². The maximum atomic E-state index is 5.60. The van der Waals surface area contributed by atoms with E-state index in [1.54, 1.807) is 6.33 Å². The summed E-state index contributed by atoms with van der Waals surface area (Å²) in [5, 5.41) is 4.27. The van der Waals surface area contributed by atoms with Crippen molar-refractivity contribution in [1.82, 2.24) is 9.97 Å². The number of anilines is 2. The van der Waals surface area contributed by atoms with E-state index in [-0.39, 0.29) is 0 Å². The summed E-state index contributed by atoms with van der Waals surface area (Å²) in [6.07, 6.45) is 1.55. The van der Waals surface area contributed by atoms with Crippen LogP contribution < -0.4 is 14.8 Å². The Kier molecular flexibility index (Phi) is 3.31. The maximum absolute atomic E-state index is 5.60. The molecule has 4 rings (SSSR count). The van der Waals surface area contributed by atoms with Gasteiger partial charge in [0.05, 0.1) is 5.52 Å². The molecule has 1 aromatic heterocycles. The highest BCUT2D eigenvalue weighted by molar-refractivity contribution is 9.10. The first-order valence-electron chi connectivity index (χ1n) is 6.86. The summed E-state index contributed by atoms with van der Waals surface area (Å²) in [6, 6.07) is 11.7. The smallest absolute Gasteiger partial charge is 0.163 e. The van der Waals surface area contributed by atoms with Crippen molar-refractivity contribution in [3.05, 3.63) is 47.2 Å². The molecule has 5 nitrogen and oxygen atoms in total. The van der Waals surface area contributed by atoms with E-state index in [1.807, 2.05) is 36.4 Å². The largest absolute Gasteiger partial charge is 0.486 e. The average molecular weight is 358 g/mol. The van der Waals surface area contributed by atoms with Crippen LogP contribution in [-0.4, -0.2) is 23.2 Å². The molecule has 0 fully saturated rings. The van der Waals surface area contributed by atoms with Gasteiger partial charge in [-0.15, -0.1) is 0 Å². The first-order valence-corrected chi connectivity index (χ1v) is 7.66. The van der Waals surface area contributed by atoms with Crippen molar-refractivity contribution in [1.29, 1.82) is 0 Å². The van der Waals surface area contributed by atoms with Gasteiger partial charge in [-0.3, -0.25) is 0 Å². The number of nitrogens with one attached hydrogen (secondary N) is 1. The Hall–Kier alpha value is -2.34. The van der Waals surface area contributed by atoms with Crippen LogP contribution >= 0.6 is 15.9 Å². The summed E-state index contributed by atoms with van der Waals surface area (Å²) in [6.45, 7) is 1.16. The quantitative estimate of drug-likeness (QED) is 0.753. The number of rotatable bonds is 2. The highest BCUT2D eigenvalue weighted by Gasteiger charge is 2.12. The lowest BCUT2D eigenvalue weighted by molar-refractivity contribution is 0.171. The number of hydrogen-bond donors (Lipinski definition) is 1. The molecule has 1 aliphatic rings. The molecule has 1 N–H and O–H groups in total. The number of ether oxygens (including phenoxy) is 2. The minimum absolute atomic E-state index is 0.569. The van der Waals surface area contributed by atoms with Crippen LogP contribution in [0.1, 0.15) is 0 Å². The van der Waals surface area contributed by atoms with Crippen LogP contribution in [0.4, 0.5) is 11.5 Å². The predicted molar refractivity (Wildman–Crippen MR) is 88.0 cm³/mol. The zero-order valence-electron chi connectivity index (χ0n) is 11.5. The molecular formula is C16H12BrN3O2. The van der Waals surface area contributed by atoms with Crippen LogP contribution in [0.5, 0.6) is 11.5 Å². The Labute approximate surface area is 135 Å². The Bertz CT molecular complexity index is 854. The van der Waals surface area contributed by atoms with Gasteiger partial charge in [0.15, 0.2) is 11.5 Å². The minimum atomic E-state index is 0.569. The Balaban J connectivity index is 1.73. The van der Waals surface area contributed by atoms with Gasteiger partial charge in [-0.2, -0.15) is 0 Å². The fourth-order valence-corrected chi connectivity index (χ4v) is 2.75. The van der Waals surface area contributed by atoms with Crippen molar-refractivity contribution < 1.29 is 9.47 Å². The molecule has 0 aliphatic carbocycles. The van der Waals surface area contributed by atoms with Crippen LogP contribution in [0.3, 0.4) is 0 Å². The fraction of sp³-hybridized carbons (Fsp3) is 0.125. The molecule has 0 amide bonds. The molecule has 3 aromatic rings.